The van der Waals surface area contributed by atoms with Crippen LogP contribution in [0, 0.1) is 12.8 Å². The van der Waals surface area contributed by atoms with E-state index in [1.807, 2.05) is 6.92 Å². The van der Waals surface area contributed by atoms with Gasteiger partial charge in [-0.05, 0) is 44.2 Å². The van der Waals surface area contributed by atoms with E-state index in [-0.39, 0.29) is 29.9 Å². The number of aryl methyl sites for hydroxylation is 1. The fourth-order valence-corrected chi connectivity index (χ4v) is 2.04. The van der Waals surface area contributed by atoms with Crippen molar-refractivity contribution in [3.05, 3.63) is 29.3 Å². The number of hydrogen-bond donors (Lipinski definition) is 2. The Morgan fingerprint density at radius 1 is 1.45 bits per heavy atom. The third-order valence-corrected chi connectivity index (χ3v) is 3.51. The molecule has 1 amide bonds. The van der Waals surface area contributed by atoms with Crippen LogP contribution in [0.15, 0.2) is 18.2 Å². The van der Waals surface area contributed by atoms with Gasteiger partial charge in [0.05, 0.1) is 0 Å². The van der Waals surface area contributed by atoms with Crippen molar-refractivity contribution < 1.29 is 19.4 Å². The first-order valence-corrected chi connectivity index (χ1v) is 6.74. The zero-order chi connectivity index (χ0) is 14.7. The number of carbonyl (C=O) groups is 2. The van der Waals surface area contributed by atoms with Crippen molar-refractivity contribution in [2.45, 2.75) is 32.7 Å². The maximum atomic E-state index is 11.8. The summed E-state index contributed by atoms with van der Waals surface area (Å²) in [5, 5.41) is 12.6. The second kappa shape index (κ2) is 5.94. The van der Waals surface area contributed by atoms with Gasteiger partial charge in [0.25, 0.3) is 5.91 Å². The lowest BCUT2D eigenvalue weighted by molar-refractivity contribution is -0.125. The van der Waals surface area contributed by atoms with Crippen molar-refractivity contribution in [2.24, 2.45) is 5.92 Å². The van der Waals surface area contributed by atoms with Gasteiger partial charge in [-0.2, -0.15) is 0 Å². The van der Waals surface area contributed by atoms with Gasteiger partial charge in [0, 0.05) is 6.04 Å². The average Bonchev–Trinajstić information content (AvgIpc) is 3.23. The second-order valence-corrected chi connectivity index (χ2v) is 5.24. The topological polar surface area (TPSA) is 75.6 Å². The third-order valence-electron chi connectivity index (χ3n) is 3.51. The molecule has 1 atom stereocenters. The molecule has 108 valence electrons. The van der Waals surface area contributed by atoms with E-state index in [1.165, 1.54) is 6.07 Å². The lowest BCUT2D eigenvalue weighted by Crippen LogP contribution is -2.37. The molecule has 1 aliphatic rings. The average molecular weight is 277 g/mol. The van der Waals surface area contributed by atoms with Gasteiger partial charge >= 0.3 is 5.97 Å². The summed E-state index contributed by atoms with van der Waals surface area (Å²) in [7, 11) is 0. The molecule has 5 nitrogen and oxygen atoms in total. The van der Waals surface area contributed by atoms with E-state index >= 15 is 0 Å². The molecule has 0 radical (unpaired) electrons. The van der Waals surface area contributed by atoms with Crippen molar-refractivity contribution in [3.8, 4) is 5.75 Å². The van der Waals surface area contributed by atoms with Crippen LogP contribution >= 0.6 is 0 Å². The summed E-state index contributed by atoms with van der Waals surface area (Å²) in [4.78, 5) is 23.4. The van der Waals surface area contributed by atoms with Crippen molar-refractivity contribution >= 4 is 11.9 Å². The van der Waals surface area contributed by atoms with Gasteiger partial charge in [0.2, 0.25) is 0 Å². The molecule has 0 bridgehead atoms. The van der Waals surface area contributed by atoms with Crippen molar-refractivity contribution in [1.82, 2.24) is 5.32 Å². The third kappa shape index (κ3) is 3.50. The number of esters is 1. The van der Waals surface area contributed by atoms with Crippen molar-refractivity contribution in [2.75, 3.05) is 6.61 Å². The normalized spacial score (nSPS) is 15.5. The first-order chi connectivity index (χ1) is 9.49. The van der Waals surface area contributed by atoms with Gasteiger partial charge in [-0.3, -0.25) is 4.79 Å². The molecule has 1 fully saturated rings. The lowest BCUT2D eigenvalue weighted by Gasteiger charge is -2.13. The van der Waals surface area contributed by atoms with Crippen LogP contribution in [-0.2, 0) is 9.53 Å². The van der Waals surface area contributed by atoms with E-state index in [4.69, 9.17) is 4.74 Å². The minimum atomic E-state index is -0.694. The molecule has 0 aromatic heterocycles. The molecule has 0 aliphatic heterocycles. The van der Waals surface area contributed by atoms with E-state index in [0.717, 1.165) is 12.8 Å². The van der Waals surface area contributed by atoms with E-state index in [0.29, 0.717) is 11.5 Å². The van der Waals surface area contributed by atoms with E-state index < -0.39 is 5.97 Å². The number of hydrogen-bond acceptors (Lipinski definition) is 4. The molecular formula is C15H19NO4. The molecule has 1 aromatic carbocycles. The number of nitrogens with one attached hydrogen (secondary N) is 1. The van der Waals surface area contributed by atoms with Crippen LogP contribution in [0.4, 0.5) is 0 Å². The van der Waals surface area contributed by atoms with Crippen LogP contribution in [0.2, 0.25) is 0 Å². The molecule has 2 rings (SSSR count). The number of benzene rings is 1. The number of rotatable bonds is 5. The Balaban J connectivity index is 1.85. The molecule has 1 saturated carbocycles. The van der Waals surface area contributed by atoms with Crippen LogP contribution < -0.4 is 5.32 Å². The number of amides is 1. The van der Waals surface area contributed by atoms with Crippen LogP contribution in [0.25, 0.3) is 0 Å². The minimum absolute atomic E-state index is 0.0769. The van der Waals surface area contributed by atoms with Crippen LogP contribution in [0.1, 0.15) is 35.7 Å². The zero-order valence-electron chi connectivity index (χ0n) is 11.7. The fraction of sp³-hybridized carbons (Fsp3) is 0.467. The number of phenols is 1. The Morgan fingerprint density at radius 2 is 2.15 bits per heavy atom. The number of phenolic OH excluding ortho intramolecular Hbond substituents is 1. The van der Waals surface area contributed by atoms with Crippen LogP contribution in [-0.4, -0.2) is 29.6 Å². The molecule has 1 aromatic rings. The first-order valence-electron chi connectivity index (χ1n) is 6.74. The second-order valence-electron chi connectivity index (χ2n) is 5.24. The van der Waals surface area contributed by atoms with Gasteiger partial charge in [0.1, 0.15) is 11.3 Å². The molecule has 5 heteroatoms. The Bertz CT molecular complexity index is 523. The van der Waals surface area contributed by atoms with E-state index in [2.05, 4.69) is 5.32 Å². The fourth-order valence-electron chi connectivity index (χ4n) is 2.04. The lowest BCUT2D eigenvalue weighted by atomic mass is 10.1. The smallest absolute Gasteiger partial charge is 0.342 e. The predicted octanol–water partition coefficient (Wildman–Crippen LogP) is 1.77. The SMILES string of the molecule is Cc1cccc(C(=O)OCC(=O)N[C@@H](C)C2CC2)c1O. The standard InChI is InChI=1S/C15H19NO4/c1-9-4-3-5-12(14(9)18)15(19)20-8-13(17)16-10(2)11-6-7-11/h3-5,10-11,18H,6-8H2,1-2H3,(H,16,17)/t10-/m0/s1. The largest absolute Gasteiger partial charge is 0.507 e. The zero-order valence-corrected chi connectivity index (χ0v) is 11.7. The summed E-state index contributed by atoms with van der Waals surface area (Å²) in [5.74, 6) is -0.565. The molecule has 0 heterocycles. The molecule has 20 heavy (non-hydrogen) atoms. The monoisotopic (exact) mass is 277 g/mol. The number of ether oxygens (including phenoxy) is 1. The predicted molar refractivity (Wildman–Crippen MR) is 73.5 cm³/mol. The highest BCUT2D eigenvalue weighted by Gasteiger charge is 2.29. The minimum Gasteiger partial charge on any atom is -0.507 e. The number of aromatic hydroxyl groups is 1. The summed E-state index contributed by atoms with van der Waals surface area (Å²) in [6, 6.07) is 4.93. The van der Waals surface area contributed by atoms with Gasteiger partial charge in [-0.1, -0.05) is 12.1 Å². The quantitative estimate of drug-likeness (QED) is 0.804. The molecule has 0 saturated heterocycles. The Kier molecular flexibility index (Phi) is 4.27. The van der Waals surface area contributed by atoms with E-state index in [1.54, 1.807) is 19.1 Å². The Morgan fingerprint density at radius 3 is 2.80 bits per heavy atom. The number of carbonyl (C=O) groups excluding carboxylic acids is 2. The van der Waals surface area contributed by atoms with Crippen molar-refractivity contribution in [3.63, 3.8) is 0 Å². The highest BCUT2D eigenvalue weighted by Crippen LogP contribution is 2.32. The summed E-state index contributed by atoms with van der Waals surface area (Å²) in [5.41, 5.74) is 0.666. The van der Waals surface area contributed by atoms with Crippen molar-refractivity contribution in [1.29, 1.82) is 0 Å². The summed E-state index contributed by atoms with van der Waals surface area (Å²) in [6.07, 6.45) is 2.27. The molecular weight excluding hydrogens is 258 g/mol. The summed E-state index contributed by atoms with van der Waals surface area (Å²) >= 11 is 0. The van der Waals surface area contributed by atoms with Crippen LogP contribution in [0.3, 0.4) is 0 Å². The molecule has 1 aliphatic carbocycles. The maximum Gasteiger partial charge on any atom is 0.342 e. The molecule has 2 N–H and O–H groups in total. The van der Waals surface area contributed by atoms with Gasteiger partial charge in [-0.15, -0.1) is 0 Å². The Labute approximate surface area is 117 Å². The highest BCUT2D eigenvalue weighted by atomic mass is 16.5. The summed E-state index contributed by atoms with van der Waals surface area (Å²) < 4.78 is 4.92. The van der Waals surface area contributed by atoms with Crippen LogP contribution in [0.5, 0.6) is 5.75 Å². The molecule has 0 spiro atoms. The van der Waals surface area contributed by atoms with Gasteiger partial charge < -0.3 is 15.2 Å². The first kappa shape index (κ1) is 14.4. The molecule has 0 unspecified atom stereocenters. The maximum absolute atomic E-state index is 11.8. The Hall–Kier alpha value is -2.04. The number of para-hydroxylation sites is 1. The van der Waals surface area contributed by atoms with Gasteiger partial charge in [0.15, 0.2) is 6.61 Å². The van der Waals surface area contributed by atoms with E-state index in [9.17, 15) is 14.7 Å². The van der Waals surface area contributed by atoms with Gasteiger partial charge in [-0.25, -0.2) is 4.79 Å². The highest BCUT2D eigenvalue weighted by molar-refractivity contribution is 5.94. The summed E-state index contributed by atoms with van der Waals surface area (Å²) in [6.45, 7) is 3.31.